The number of rotatable bonds is 5. The molecule has 27 heavy (non-hydrogen) atoms. The molecule has 3 rings (SSSR count). The van der Waals surface area contributed by atoms with Crippen LogP contribution >= 0.6 is 0 Å². The Bertz CT molecular complexity index is 817. The summed E-state index contributed by atoms with van der Waals surface area (Å²) < 4.78 is 62.2. The minimum absolute atomic E-state index is 0.0795. The minimum atomic E-state index is -4.36. The van der Waals surface area contributed by atoms with E-state index >= 15 is 0 Å². The van der Waals surface area contributed by atoms with Gasteiger partial charge in [-0.05, 0) is 37.8 Å². The third kappa shape index (κ3) is 4.94. The Morgan fingerprint density at radius 3 is 2.63 bits per heavy atom. The highest BCUT2D eigenvalue weighted by molar-refractivity contribution is 7.91. The summed E-state index contributed by atoms with van der Waals surface area (Å²) in [7, 11) is -3.00. The molecule has 9 heteroatoms. The van der Waals surface area contributed by atoms with Crippen LogP contribution in [0.3, 0.4) is 0 Å². The molecule has 1 aromatic carbocycles. The first-order valence-electron chi connectivity index (χ1n) is 9.07. The number of nitrogens with zero attached hydrogens (tertiary/aromatic N) is 1. The molecule has 2 fully saturated rings. The summed E-state index contributed by atoms with van der Waals surface area (Å²) in [5, 5.41) is 6.23. The van der Waals surface area contributed by atoms with Crippen molar-refractivity contribution in [2.45, 2.75) is 43.8 Å². The van der Waals surface area contributed by atoms with Crippen LogP contribution < -0.4 is 10.6 Å². The van der Waals surface area contributed by atoms with Crippen molar-refractivity contribution in [2.24, 2.45) is 4.99 Å². The average molecular weight is 403 g/mol. The van der Waals surface area contributed by atoms with E-state index < -0.39 is 21.6 Å². The molecule has 1 aromatic rings. The first-order valence-corrected chi connectivity index (χ1v) is 10.9. The van der Waals surface area contributed by atoms with Crippen molar-refractivity contribution in [2.75, 3.05) is 24.6 Å². The van der Waals surface area contributed by atoms with E-state index in [1.165, 1.54) is 12.1 Å². The van der Waals surface area contributed by atoms with Gasteiger partial charge in [-0.3, -0.25) is 4.99 Å². The molecule has 1 heterocycles. The molecule has 150 valence electrons. The lowest BCUT2D eigenvalue weighted by molar-refractivity contribution is -0.137. The van der Waals surface area contributed by atoms with Crippen molar-refractivity contribution < 1.29 is 21.6 Å². The lowest BCUT2D eigenvalue weighted by atomic mass is 9.94. The summed E-state index contributed by atoms with van der Waals surface area (Å²) in [4.78, 5) is 4.55. The van der Waals surface area contributed by atoms with Crippen LogP contribution in [0.5, 0.6) is 0 Å². The molecule has 0 aromatic heterocycles. The van der Waals surface area contributed by atoms with E-state index in [1.807, 2.05) is 6.92 Å². The minimum Gasteiger partial charge on any atom is -0.357 e. The quantitative estimate of drug-likeness (QED) is 0.585. The molecule has 0 radical (unpaired) electrons. The highest BCUT2D eigenvalue weighted by Crippen LogP contribution is 2.49. The monoisotopic (exact) mass is 403 g/mol. The van der Waals surface area contributed by atoms with Crippen molar-refractivity contribution in [3.05, 3.63) is 35.4 Å². The highest BCUT2D eigenvalue weighted by Gasteiger charge is 2.45. The summed E-state index contributed by atoms with van der Waals surface area (Å²) in [6.07, 6.45) is -2.25. The molecule has 0 spiro atoms. The number of benzene rings is 1. The van der Waals surface area contributed by atoms with Gasteiger partial charge in [0.2, 0.25) is 0 Å². The van der Waals surface area contributed by atoms with Gasteiger partial charge in [-0.25, -0.2) is 8.42 Å². The van der Waals surface area contributed by atoms with Gasteiger partial charge in [-0.1, -0.05) is 18.2 Å². The molecule has 2 aliphatic rings. The second-order valence-corrected chi connectivity index (χ2v) is 9.53. The van der Waals surface area contributed by atoms with Gasteiger partial charge in [0, 0.05) is 18.0 Å². The van der Waals surface area contributed by atoms with E-state index in [0.29, 0.717) is 31.0 Å². The maximum absolute atomic E-state index is 13.0. The predicted octanol–water partition coefficient (Wildman–Crippen LogP) is 2.48. The van der Waals surface area contributed by atoms with Crippen LogP contribution in [0.1, 0.15) is 37.3 Å². The molecular formula is C18H24F3N3O2S. The Kier molecular flexibility index (Phi) is 5.42. The molecular weight excluding hydrogens is 379 g/mol. The molecule has 0 bridgehead atoms. The Morgan fingerprint density at radius 1 is 1.33 bits per heavy atom. The maximum atomic E-state index is 13.0. The van der Waals surface area contributed by atoms with Crippen molar-refractivity contribution in [3.8, 4) is 0 Å². The van der Waals surface area contributed by atoms with Crippen LogP contribution in [0.25, 0.3) is 0 Å². The number of guanidine groups is 1. The van der Waals surface area contributed by atoms with E-state index in [2.05, 4.69) is 15.6 Å². The fraction of sp³-hybridized carbons (Fsp3) is 0.611. The van der Waals surface area contributed by atoms with Crippen LogP contribution in [0, 0.1) is 0 Å². The summed E-state index contributed by atoms with van der Waals surface area (Å²) in [5.41, 5.74) is -0.359. The van der Waals surface area contributed by atoms with E-state index in [4.69, 9.17) is 0 Å². The third-order valence-electron chi connectivity index (χ3n) is 5.11. The molecule has 1 saturated carbocycles. The van der Waals surface area contributed by atoms with E-state index in [9.17, 15) is 21.6 Å². The summed E-state index contributed by atoms with van der Waals surface area (Å²) >= 11 is 0. The molecule has 1 atom stereocenters. The molecule has 1 saturated heterocycles. The van der Waals surface area contributed by atoms with Gasteiger partial charge in [0.1, 0.15) is 0 Å². The number of hydrogen-bond donors (Lipinski definition) is 2. The number of halogens is 3. The summed E-state index contributed by atoms with van der Waals surface area (Å²) in [6.45, 7) is 2.88. The normalized spacial score (nSPS) is 23.9. The zero-order valence-corrected chi connectivity index (χ0v) is 16.0. The zero-order chi connectivity index (χ0) is 19.7. The summed E-state index contributed by atoms with van der Waals surface area (Å²) in [5.74, 6) is 0.756. The fourth-order valence-corrected chi connectivity index (χ4v) is 5.04. The summed E-state index contributed by atoms with van der Waals surface area (Å²) in [6, 6.07) is 5.27. The Morgan fingerprint density at radius 2 is 2.07 bits per heavy atom. The first kappa shape index (κ1) is 20.0. The van der Waals surface area contributed by atoms with Crippen LogP contribution in [-0.2, 0) is 21.4 Å². The van der Waals surface area contributed by atoms with E-state index in [0.717, 1.165) is 18.9 Å². The van der Waals surface area contributed by atoms with Crippen LogP contribution in [0.4, 0.5) is 13.2 Å². The molecule has 2 N–H and O–H groups in total. The number of hydrogen-bond acceptors (Lipinski definition) is 3. The van der Waals surface area contributed by atoms with Crippen molar-refractivity contribution >= 4 is 15.8 Å². The van der Waals surface area contributed by atoms with Crippen molar-refractivity contribution in [1.82, 2.24) is 10.6 Å². The topological polar surface area (TPSA) is 70.6 Å². The third-order valence-corrected chi connectivity index (χ3v) is 6.88. The smallest absolute Gasteiger partial charge is 0.357 e. The average Bonchev–Trinajstić information content (AvgIpc) is 3.31. The standard InChI is InChI=1S/C18H24F3N3O2S/c1-2-22-16(24-15-6-9-27(25,26)11-15)23-12-17(7-8-17)13-4-3-5-14(10-13)18(19,20)21/h3-5,10,15H,2,6-9,11-12H2,1H3,(H2,22,23,24). The second kappa shape index (κ2) is 7.33. The van der Waals surface area contributed by atoms with Gasteiger partial charge >= 0.3 is 6.18 Å². The molecule has 0 amide bonds. The molecule has 1 unspecified atom stereocenters. The van der Waals surface area contributed by atoms with Gasteiger partial charge in [0.05, 0.1) is 23.6 Å². The lowest BCUT2D eigenvalue weighted by Crippen LogP contribution is -2.44. The van der Waals surface area contributed by atoms with Crippen molar-refractivity contribution in [1.29, 1.82) is 0 Å². The van der Waals surface area contributed by atoms with Crippen LogP contribution in [0.2, 0.25) is 0 Å². The Labute approximate surface area is 157 Å². The highest BCUT2D eigenvalue weighted by atomic mass is 32.2. The van der Waals surface area contributed by atoms with E-state index in [-0.39, 0.29) is 23.0 Å². The van der Waals surface area contributed by atoms with Gasteiger partial charge in [-0.2, -0.15) is 13.2 Å². The zero-order valence-electron chi connectivity index (χ0n) is 15.1. The van der Waals surface area contributed by atoms with E-state index in [1.54, 1.807) is 6.07 Å². The lowest BCUT2D eigenvalue weighted by Gasteiger charge is -2.19. The molecule has 5 nitrogen and oxygen atoms in total. The number of aliphatic imine (C=N–C) groups is 1. The van der Waals surface area contributed by atoms with Crippen LogP contribution in [-0.4, -0.2) is 45.0 Å². The molecule has 1 aliphatic carbocycles. The van der Waals surface area contributed by atoms with Crippen molar-refractivity contribution in [3.63, 3.8) is 0 Å². The number of sulfone groups is 1. The largest absolute Gasteiger partial charge is 0.416 e. The second-order valence-electron chi connectivity index (χ2n) is 7.30. The SMILES string of the molecule is CCNC(=NCC1(c2cccc(C(F)(F)F)c2)CC1)NC1CCS(=O)(=O)C1. The number of alkyl halides is 3. The fourth-order valence-electron chi connectivity index (χ4n) is 3.37. The van der Waals surface area contributed by atoms with Gasteiger partial charge in [0.15, 0.2) is 15.8 Å². The first-order chi connectivity index (χ1) is 12.6. The maximum Gasteiger partial charge on any atom is 0.416 e. The Hall–Kier alpha value is -1.77. The molecule has 1 aliphatic heterocycles. The van der Waals surface area contributed by atoms with Gasteiger partial charge in [-0.15, -0.1) is 0 Å². The van der Waals surface area contributed by atoms with Gasteiger partial charge < -0.3 is 10.6 Å². The van der Waals surface area contributed by atoms with Crippen LogP contribution in [0.15, 0.2) is 29.3 Å². The Balaban J connectivity index is 1.72. The predicted molar refractivity (Wildman–Crippen MR) is 98.5 cm³/mol. The van der Waals surface area contributed by atoms with Gasteiger partial charge in [0.25, 0.3) is 0 Å². The number of nitrogens with one attached hydrogen (secondary N) is 2.